The second kappa shape index (κ2) is 6.86. The molecule has 0 bridgehead atoms. The van der Waals surface area contributed by atoms with Crippen LogP contribution >= 0.6 is 23.6 Å². The van der Waals surface area contributed by atoms with Gasteiger partial charge in [-0.3, -0.25) is 0 Å². The van der Waals surface area contributed by atoms with Gasteiger partial charge in [-0.1, -0.05) is 13.0 Å². The van der Waals surface area contributed by atoms with Gasteiger partial charge in [0.1, 0.15) is 0 Å². The Morgan fingerprint density at radius 2 is 2.38 bits per heavy atom. The number of likely N-dealkylation sites (N-methyl/N-ethyl adjacent to an activating group) is 1. The van der Waals surface area contributed by atoms with E-state index in [0.717, 1.165) is 24.5 Å². The highest BCUT2D eigenvalue weighted by Gasteiger charge is 2.12. The van der Waals surface area contributed by atoms with Crippen molar-refractivity contribution in [2.75, 3.05) is 13.6 Å². The lowest BCUT2D eigenvalue weighted by Gasteiger charge is -2.27. The largest absolute Gasteiger partial charge is 0.363 e. The number of hydrogen-bond donors (Lipinski definition) is 1. The number of nitrogens with zero attached hydrogens (tertiary/aromatic N) is 1. The van der Waals surface area contributed by atoms with E-state index in [1.807, 2.05) is 11.3 Å². The Hall–Kier alpha value is -0.610. The van der Waals surface area contributed by atoms with Gasteiger partial charge in [0, 0.05) is 30.9 Å². The fourth-order valence-corrected chi connectivity index (χ4v) is 2.52. The second-order valence-corrected chi connectivity index (χ2v) is 5.39. The summed E-state index contributed by atoms with van der Waals surface area (Å²) >= 11 is 7.14. The number of thiophene rings is 1. The molecule has 0 aromatic carbocycles. The molecule has 1 heterocycles. The molecule has 0 aliphatic rings. The molecular weight excluding hydrogens is 236 g/mol. The standard InChI is InChI=1S/C12H20N2S2/c1-4-7-13-12(15)14(3)10(2)9-11-6-5-8-16-11/h5-6,8,10H,4,7,9H2,1-3H3,(H,13,15). The third-order valence-corrected chi connectivity index (χ3v) is 3.92. The van der Waals surface area contributed by atoms with Crippen LogP contribution in [0.5, 0.6) is 0 Å². The lowest BCUT2D eigenvalue weighted by atomic mass is 10.2. The topological polar surface area (TPSA) is 15.3 Å². The van der Waals surface area contributed by atoms with E-state index < -0.39 is 0 Å². The van der Waals surface area contributed by atoms with E-state index in [4.69, 9.17) is 12.2 Å². The third-order valence-electron chi connectivity index (χ3n) is 2.58. The molecule has 0 radical (unpaired) electrons. The van der Waals surface area contributed by atoms with E-state index in [1.165, 1.54) is 4.88 Å². The zero-order valence-electron chi connectivity index (χ0n) is 10.2. The van der Waals surface area contributed by atoms with E-state index in [9.17, 15) is 0 Å². The van der Waals surface area contributed by atoms with Crippen LogP contribution in [0.2, 0.25) is 0 Å². The smallest absolute Gasteiger partial charge is 0.168 e. The molecule has 1 atom stereocenters. The summed E-state index contributed by atoms with van der Waals surface area (Å²) in [5.74, 6) is 0. The van der Waals surface area contributed by atoms with Crippen LogP contribution in [0.15, 0.2) is 17.5 Å². The summed E-state index contributed by atoms with van der Waals surface area (Å²) in [7, 11) is 2.06. The maximum atomic E-state index is 5.33. The van der Waals surface area contributed by atoms with E-state index in [2.05, 4.69) is 48.6 Å². The van der Waals surface area contributed by atoms with E-state index in [1.54, 1.807) is 0 Å². The molecular formula is C12H20N2S2. The van der Waals surface area contributed by atoms with Crippen molar-refractivity contribution in [3.63, 3.8) is 0 Å². The summed E-state index contributed by atoms with van der Waals surface area (Å²) in [6.45, 7) is 5.30. The first kappa shape index (κ1) is 13.5. The Balaban J connectivity index is 2.40. The average molecular weight is 256 g/mol. The number of nitrogens with one attached hydrogen (secondary N) is 1. The molecule has 1 N–H and O–H groups in total. The van der Waals surface area contributed by atoms with Crippen LogP contribution < -0.4 is 5.32 Å². The number of rotatable bonds is 5. The van der Waals surface area contributed by atoms with Crippen molar-refractivity contribution in [3.05, 3.63) is 22.4 Å². The summed E-state index contributed by atoms with van der Waals surface area (Å²) in [5.41, 5.74) is 0. The Kier molecular flexibility index (Phi) is 5.77. The maximum absolute atomic E-state index is 5.33. The molecule has 1 aromatic rings. The first-order chi connectivity index (χ1) is 7.65. The number of thiocarbonyl (C=S) groups is 1. The monoisotopic (exact) mass is 256 g/mol. The van der Waals surface area contributed by atoms with E-state index in [0.29, 0.717) is 6.04 Å². The predicted molar refractivity (Wildman–Crippen MR) is 76.1 cm³/mol. The Bertz CT molecular complexity index is 309. The molecule has 16 heavy (non-hydrogen) atoms. The Morgan fingerprint density at radius 3 is 2.94 bits per heavy atom. The van der Waals surface area contributed by atoms with Gasteiger partial charge in [0.05, 0.1) is 0 Å². The van der Waals surface area contributed by atoms with Gasteiger partial charge in [0.15, 0.2) is 5.11 Å². The Labute approximate surface area is 108 Å². The summed E-state index contributed by atoms with van der Waals surface area (Å²) in [5, 5.41) is 6.23. The van der Waals surface area contributed by atoms with Crippen molar-refractivity contribution in [1.82, 2.24) is 10.2 Å². The van der Waals surface area contributed by atoms with Gasteiger partial charge in [-0.2, -0.15) is 0 Å². The van der Waals surface area contributed by atoms with Crippen molar-refractivity contribution >= 4 is 28.7 Å². The van der Waals surface area contributed by atoms with Gasteiger partial charge in [0.2, 0.25) is 0 Å². The fourth-order valence-electron chi connectivity index (χ4n) is 1.41. The van der Waals surface area contributed by atoms with E-state index >= 15 is 0 Å². The SMILES string of the molecule is CCCNC(=S)N(C)C(C)Cc1cccs1. The molecule has 0 spiro atoms. The van der Waals surface area contributed by atoms with Crippen LogP contribution in [0.3, 0.4) is 0 Å². The lowest BCUT2D eigenvalue weighted by molar-refractivity contribution is 0.384. The average Bonchev–Trinajstić information content (AvgIpc) is 2.77. The van der Waals surface area contributed by atoms with Crippen LogP contribution in [0.4, 0.5) is 0 Å². The van der Waals surface area contributed by atoms with Gasteiger partial charge in [-0.25, -0.2) is 0 Å². The summed E-state index contributed by atoms with van der Waals surface area (Å²) in [4.78, 5) is 3.56. The molecule has 4 heteroatoms. The first-order valence-electron chi connectivity index (χ1n) is 5.68. The molecule has 2 nitrogen and oxygen atoms in total. The molecule has 1 unspecified atom stereocenters. The van der Waals surface area contributed by atoms with Gasteiger partial charge in [0.25, 0.3) is 0 Å². The molecule has 0 fully saturated rings. The Morgan fingerprint density at radius 1 is 1.62 bits per heavy atom. The molecule has 0 saturated carbocycles. The van der Waals surface area contributed by atoms with E-state index in [-0.39, 0.29) is 0 Å². The van der Waals surface area contributed by atoms with Gasteiger partial charge >= 0.3 is 0 Å². The van der Waals surface area contributed by atoms with Crippen molar-refractivity contribution in [3.8, 4) is 0 Å². The minimum atomic E-state index is 0.440. The normalized spacial score (nSPS) is 12.2. The van der Waals surface area contributed by atoms with Crippen molar-refractivity contribution in [1.29, 1.82) is 0 Å². The maximum Gasteiger partial charge on any atom is 0.168 e. The highest BCUT2D eigenvalue weighted by Crippen LogP contribution is 2.13. The van der Waals surface area contributed by atoms with Gasteiger partial charge in [-0.05, 0) is 37.0 Å². The first-order valence-corrected chi connectivity index (χ1v) is 6.97. The van der Waals surface area contributed by atoms with Gasteiger partial charge < -0.3 is 10.2 Å². The zero-order valence-corrected chi connectivity index (χ0v) is 11.8. The molecule has 0 aliphatic heterocycles. The highest BCUT2D eigenvalue weighted by molar-refractivity contribution is 7.80. The molecule has 90 valence electrons. The summed E-state index contributed by atoms with van der Waals surface area (Å²) < 4.78 is 0. The van der Waals surface area contributed by atoms with Gasteiger partial charge in [-0.15, -0.1) is 11.3 Å². The predicted octanol–water partition coefficient (Wildman–Crippen LogP) is 2.90. The molecule has 0 aliphatic carbocycles. The number of hydrogen-bond acceptors (Lipinski definition) is 2. The zero-order chi connectivity index (χ0) is 12.0. The fraction of sp³-hybridized carbons (Fsp3) is 0.583. The van der Waals surface area contributed by atoms with Crippen LogP contribution in [-0.2, 0) is 6.42 Å². The second-order valence-electron chi connectivity index (χ2n) is 3.98. The molecule has 0 amide bonds. The third kappa shape index (κ3) is 4.10. The quantitative estimate of drug-likeness (QED) is 0.816. The molecule has 1 aromatic heterocycles. The minimum absolute atomic E-state index is 0.440. The summed E-state index contributed by atoms with van der Waals surface area (Å²) in [6, 6.07) is 4.72. The van der Waals surface area contributed by atoms with Crippen LogP contribution in [0.1, 0.15) is 25.1 Å². The van der Waals surface area contributed by atoms with Crippen LogP contribution in [0, 0.1) is 0 Å². The van der Waals surface area contributed by atoms with Crippen LogP contribution in [0.25, 0.3) is 0 Å². The van der Waals surface area contributed by atoms with Crippen molar-refractivity contribution in [2.24, 2.45) is 0 Å². The van der Waals surface area contributed by atoms with Crippen molar-refractivity contribution in [2.45, 2.75) is 32.7 Å². The minimum Gasteiger partial charge on any atom is -0.363 e. The molecule has 0 saturated heterocycles. The van der Waals surface area contributed by atoms with Crippen molar-refractivity contribution < 1.29 is 0 Å². The summed E-state index contributed by atoms with van der Waals surface area (Å²) in [6.07, 6.45) is 2.16. The van der Waals surface area contributed by atoms with Crippen LogP contribution in [-0.4, -0.2) is 29.6 Å². The highest BCUT2D eigenvalue weighted by atomic mass is 32.1. The molecule has 1 rings (SSSR count). The lowest BCUT2D eigenvalue weighted by Crippen LogP contribution is -2.43.